The van der Waals surface area contributed by atoms with Crippen LogP contribution in [0, 0.1) is 5.92 Å². The van der Waals surface area contributed by atoms with E-state index in [1.165, 1.54) is 0 Å². The fourth-order valence-electron chi connectivity index (χ4n) is 1.81. The van der Waals surface area contributed by atoms with E-state index < -0.39 is 11.9 Å². The molecule has 0 spiro atoms. The Kier molecular flexibility index (Phi) is 3.70. The van der Waals surface area contributed by atoms with Crippen molar-refractivity contribution in [3.63, 3.8) is 0 Å². The van der Waals surface area contributed by atoms with Crippen LogP contribution in [0.25, 0.3) is 0 Å². The fourth-order valence-corrected chi connectivity index (χ4v) is 1.81. The molecule has 2 heterocycles. The van der Waals surface area contributed by atoms with Gasteiger partial charge in [-0.15, -0.1) is 0 Å². The molecule has 0 bridgehead atoms. The predicted molar refractivity (Wildman–Crippen MR) is 58.1 cm³/mol. The zero-order valence-electron chi connectivity index (χ0n) is 9.87. The Morgan fingerprint density at radius 1 is 1.44 bits per heavy atom. The molecule has 1 aromatic rings. The summed E-state index contributed by atoms with van der Waals surface area (Å²) in [6.45, 7) is 3.49. The molecule has 4 nitrogen and oxygen atoms in total. The largest absolute Gasteiger partial charge is 0.458 e. The minimum absolute atomic E-state index is 0.192. The minimum atomic E-state index is -4.47. The van der Waals surface area contributed by atoms with Crippen molar-refractivity contribution in [3.05, 3.63) is 18.0 Å². The molecule has 100 valence electrons. The normalized spacial score (nSPS) is 24.9. The summed E-state index contributed by atoms with van der Waals surface area (Å²) in [6, 6.07) is 0.612. The van der Waals surface area contributed by atoms with Crippen molar-refractivity contribution < 1.29 is 17.9 Å². The smallest absolute Gasteiger partial charge is 0.433 e. The Labute approximate surface area is 103 Å². The summed E-state index contributed by atoms with van der Waals surface area (Å²) < 4.78 is 42.8. The fraction of sp³-hybridized carbons (Fsp3) is 0.636. The van der Waals surface area contributed by atoms with Crippen LogP contribution < -0.4 is 10.1 Å². The van der Waals surface area contributed by atoms with Gasteiger partial charge < -0.3 is 10.1 Å². The first-order valence-electron chi connectivity index (χ1n) is 5.74. The van der Waals surface area contributed by atoms with Gasteiger partial charge in [0.2, 0.25) is 0 Å². The Morgan fingerprint density at radius 2 is 2.22 bits per heavy atom. The van der Waals surface area contributed by atoms with Crippen molar-refractivity contribution in [2.45, 2.75) is 25.6 Å². The van der Waals surface area contributed by atoms with Crippen molar-refractivity contribution in [1.29, 1.82) is 0 Å². The Hall–Kier alpha value is -1.37. The number of nitrogens with one attached hydrogen (secondary N) is 1. The van der Waals surface area contributed by atoms with E-state index in [1.807, 2.05) is 6.92 Å². The van der Waals surface area contributed by atoms with Crippen LogP contribution in [0.15, 0.2) is 12.3 Å². The minimum Gasteiger partial charge on any atom is -0.458 e. The summed E-state index contributed by atoms with van der Waals surface area (Å²) in [5.74, 6) is 0.268. The molecule has 2 unspecified atom stereocenters. The molecule has 2 atom stereocenters. The van der Waals surface area contributed by atoms with Crippen molar-refractivity contribution in [3.8, 4) is 6.01 Å². The molecule has 0 radical (unpaired) electrons. The molecule has 7 heteroatoms. The van der Waals surface area contributed by atoms with E-state index in [1.54, 1.807) is 0 Å². The van der Waals surface area contributed by atoms with Crippen molar-refractivity contribution in [2.75, 3.05) is 13.1 Å². The van der Waals surface area contributed by atoms with Crippen LogP contribution >= 0.6 is 0 Å². The van der Waals surface area contributed by atoms with Crippen LogP contribution in [-0.2, 0) is 6.18 Å². The number of alkyl halides is 3. The van der Waals surface area contributed by atoms with Gasteiger partial charge >= 0.3 is 12.2 Å². The maximum Gasteiger partial charge on any atom is 0.433 e. The maximum atomic E-state index is 12.5. The van der Waals surface area contributed by atoms with Gasteiger partial charge in [-0.25, -0.2) is 4.98 Å². The summed E-state index contributed by atoms with van der Waals surface area (Å²) >= 11 is 0. The molecule has 18 heavy (non-hydrogen) atoms. The molecule has 1 aromatic heterocycles. The summed E-state index contributed by atoms with van der Waals surface area (Å²) in [5.41, 5.74) is -0.982. The lowest BCUT2D eigenvalue weighted by Crippen LogP contribution is -2.43. The van der Waals surface area contributed by atoms with Crippen molar-refractivity contribution in [2.24, 2.45) is 5.92 Å². The number of hydrogen-bond donors (Lipinski definition) is 1. The van der Waals surface area contributed by atoms with Gasteiger partial charge in [0.05, 0.1) is 0 Å². The second kappa shape index (κ2) is 5.09. The first kappa shape index (κ1) is 13.1. The van der Waals surface area contributed by atoms with Gasteiger partial charge in [-0.3, -0.25) is 0 Å². The lowest BCUT2D eigenvalue weighted by atomic mass is 9.97. The Bertz CT molecular complexity index is 411. The van der Waals surface area contributed by atoms with E-state index in [2.05, 4.69) is 15.3 Å². The van der Waals surface area contributed by atoms with E-state index in [9.17, 15) is 13.2 Å². The number of nitrogens with zero attached hydrogens (tertiary/aromatic N) is 2. The topological polar surface area (TPSA) is 47.0 Å². The van der Waals surface area contributed by atoms with Crippen LogP contribution in [0.5, 0.6) is 6.01 Å². The molecular formula is C11H14F3N3O. The molecule has 1 aliphatic rings. The lowest BCUT2D eigenvalue weighted by molar-refractivity contribution is -0.141. The van der Waals surface area contributed by atoms with Gasteiger partial charge in [-0.1, -0.05) is 6.92 Å². The average molecular weight is 261 g/mol. The molecule has 0 amide bonds. The van der Waals surface area contributed by atoms with Gasteiger partial charge in [0.25, 0.3) is 0 Å². The van der Waals surface area contributed by atoms with Crippen LogP contribution in [0.4, 0.5) is 13.2 Å². The SMILES string of the molecule is CC1CCNCC1Oc1nccc(C(F)(F)F)n1. The predicted octanol–water partition coefficient (Wildman–Crippen LogP) is 1.87. The zero-order chi connectivity index (χ0) is 13.2. The highest BCUT2D eigenvalue weighted by Crippen LogP contribution is 2.28. The highest BCUT2D eigenvalue weighted by molar-refractivity contribution is 5.09. The molecular weight excluding hydrogens is 247 g/mol. The Morgan fingerprint density at radius 3 is 2.89 bits per heavy atom. The van der Waals surface area contributed by atoms with Gasteiger partial charge in [0.15, 0.2) is 5.69 Å². The van der Waals surface area contributed by atoms with E-state index >= 15 is 0 Å². The first-order chi connectivity index (χ1) is 8.47. The summed E-state index contributed by atoms with van der Waals surface area (Å²) in [6.07, 6.45) is -2.69. The Balaban J connectivity index is 2.09. The van der Waals surface area contributed by atoms with E-state index in [-0.39, 0.29) is 18.0 Å². The van der Waals surface area contributed by atoms with E-state index in [0.29, 0.717) is 6.54 Å². The van der Waals surface area contributed by atoms with Crippen molar-refractivity contribution in [1.82, 2.24) is 15.3 Å². The second-order valence-electron chi connectivity index (χ2n) is 4.35. The molecule has 0 aliphatic carbocycles. The van der Waals surface area contributed by atoms with Gasteiger partial charge in [-0.2, -0.15) is 18.2 Å². The molecule has 1 N–H and O–H groups in total. The molecule has 1 saturated heterocycles. The molecule has 0 aromatic carbocycles. The molecule has 0 saturated carbocycles. The summed E-state index contributed by atoms with van der Waals surface area (Å²) in [5, 5.41) is 3.13. The number of rotatable bonds is 2. The van der Waals surface area contributed by atoms with Crippen LogP contribution in [0.1, 0.15) is 19.0 Å². The number of hydrogen-bond acceptors (Lipinski definition) is 4. The summed E-state index contributed by atoms with van der Waals surface area (Å²) in [7, 11) is 0. The standard InChI is InChI=1S/C11H14F3N3O/c1-7-2-4-15-6-8(7)18-10-16-5-3-9(17-10)11(12,13)14/h3,5,7-8,15H,2,4,6H2,1H3. The van der Waals surface area contributed by atoms with Gasteiger partial charge in [-0.05, 0) is 24.9 Å². The summed E-state index contributed by atoms with van der Waals surface area (Å²) in [4.78, 5) is 7.11. The molecule has 1 fully saturated rings. The van der Waals surface area contributed by atoms with E-state index in [0.717, 1.165) is 25.2 Å². The third-order valence-electron chi connectivity index (χ3n) is 2.94. The van der Waals surface area contributed by atoms with Gasteiger partial charge in [0, 0.05) is 12.7 Å². The highest BCUT2D eigenvalue weighted by Gasteiger charge is 2.33. The molecule has 2 rings (SSSR count). The number of halogens is 3. The van der Waals surface area contributed by atoms with Crippen molar-refractivity contribution >= 4 is 0 Å². The number of ether oxygens (including phenoxy) is 1. The van der Waals surface area contributed by atoms with E-state index in [4.69, 9.17) is 4.74 Å². The number of aromatic nitrogens is 2. The first-order valence-corrected chi connectivity index (χ1v) is 5.74. The third-order valence-corrected chi connectivity index (χ3v) is 2.94. The maximum absolute atomic E-state index is 12.5. The third kappa shape index (κ3) is 3.10. The monoisotopic (exact) mass is 261 g/mol. The van der Waals surface area contributed by atoms with Crippen LogP contribution in [-0.4, -0.2) is 29.2 Å². The number of piperidine rings is 1. The quantitative estimate of drug-likeness (QED) is 0.883. The average Bonchev–Trinajstić information content (AvgIpc) is 2.31. The highest BCUT2D eigenvalue weighted by atomic mass is 19.4. The zero-order valence-corrected chi connectivity index (χ0v) is 9.87. The lowest BCUT2D eigenvalue weighted by Gasteiger charge is -2.29. The molecule has 1 aliphatic heterocycles. The van der Waals surface area contributed by atoms with Gasteiger partial charge in [0.1, 0.15) is 6.10 Å². The van der Waals surface area contributed by atoms with Crippen LogP contribution in [0.3, 0.4) is 0 Å². The second-order valence-corrected chi connectivity index (χ2v) is 4.35. The van der Waals surface area contributed by atoms with Crippen LogP contribution in [0.2, 0.25) is 0 Å².